The van der Waals surface area contributed by atoms with Crippen LogP contribution in [0.3, 0.4) is 0 Å². The molecule has 148 valence electrons. The van der Waals surface area contributed by atoms with Gasteiger partial charge in [-0.1, -0.05) is 0 Å². The lowest BCUT2D eigenvalue weighted by Gasteiger charge is -2.11. The monoisotopic (exact) mass is 412 g/mol. The Balaban J connectivity index is 1.65. The van der Waals surface area contributed by atoms with Gasteiger partial charge in [0.15, 0.2) is 22.7 Å². The third-order valence-corrected chi connectivity index (χ3v) is 5.43. The predicted octanol–water partition coefficient (Wildman–Crippen LogP) is 3.10. The molecule has 3 aromatic heterocycles. The average Bonchev–Trinajstić information content (AvgIpc) is 3.17. The number of hydrogen-bond acceptors (Lipinski definition) is 8. The van der Waals surface area contributed by atoms with Crippen molar-refractivity contribution in [2.75, 3.05) is 18.9 Å². The van der Waals surface area contributed by atoms with Crippen molar-refractivity contribution in [2.24, 2.45) is 0 Å². The molecule has 0 spiro atoms. The molecule has 0 aliphatic carbocycles. The molecule has 4 aromatic rings. The van der Waals surface area contributed by atoms with Crippen molar-refractivity contribution in [3.8, 4) is 23.0 Å². The fourth-order valence-corrected chi connectivity index (χ4v) is 3.71. The van der Waals surface area contributed by atoms with Crippen molar-refractivity contribution in [2.45, 2.75) is 4.90 Å². The number of methoxy groups -OCH3 is 2. The van der Waals surface area contributed by atoms with Crippen LogP contribution in [0.25, 0.3) is 22.7 Å². The van der Waals surface area contributed by atoms with E-state index < -0.39 is 10.0 Å². The van der Waals surface area contributed by atoms with Gasteiger partial charge in [-0.15, -0.1) is 0 Å². The zero-order valence-corrected chi connectivity index (χ0v) is 16.3. The molecule has 0 atom stereocenters. The van der Waals surface area contributed by atoms with E-state index in [2.05, 4.69) is 19.7 Å². The SMILES string of the molecule is COc1ccc(S(=O)(=O)Nc2cc(-c3nc4ncccc4o3)ccn2)cc1OC. The molecule has 3 heterocycles. The number of hydrogen-bond donors (Lipinski definition) is 1. The third kappa shape index (κ3) is 3.69. The van der Waals surface area contributed by atoms with Crippen LogP contribution in [-0.4, -0.2) is 37.6 Å². The summed E-state index contributed by atoms with van der Waals surface area (Å²) in [6.45, 7) is 0. The molecule has 0 saturated carbocycles. The van der Waals surface area contributed by atoms with Gasteiger partial charge >= 0.3 is 0 Å². The Kier molecular flexibility index (Phi) is 4.77. The Morgan fingerprint density at radius 3 is 2.55 bits per heavy atom. The standard InChI is InChI=1S/C19H16N4O5S/c1-26-14-6-5-13(11-16(14)27-2)29(24,25)23-17-10-12(7-9-20-17)19-22-18-15(28-19)4-3-8-21-18/h3-11H,1-2H3,(H,20,23). The molecule has 0 amide bonds. The second kappa shape index (κ2) is 7.40. The van der Waals surface area contributed by atoms with Crippen molar-refractivity contribution in [3.63, 3.8) is 0 Å². The number of anilines is 1. The minimum absolute atomic E-state index is 0.00779. The van der Waals surface area contributed by atoms with E-state index in [0.29, 0.717) is 34.2 Å². The van der Waals surface area contributed by atoms with Gasteiger partial charge in [0.05, 0.1) is 19.1 Å². The van der Waals surface area contributed by atoms with Gasteiger partial charge in [-0.3, -0.25) is 4.72 Å². The Bertz CT molecular complexity index is 1250. The number of sulfonamides is 1. The predicted molar refractivity (Wildman–Crippen MR) is 105 cm³/mol. The second-order valence-corrected chi connectivity index (χ2v) is 7.58. The number of benzene rings is 1. The number of nitrogens with zero attached hydrogens (tertiary/aromatic N) is 3. The van der Waals surface area contributed by atoms with Gasteiger partial charge < -0.3 is 13.9 Å². The second-order valence-electron chi connectivity index (χ2n) is 5.90. The van der Waals surface area contributed by atoms with E-state index >= 15 is 0 Å². The first kappa shape index (κ1) is 18.7. The Labute approximate surface area is 166 Å². The quantitative estimate of drug-likeness (QED) is 0.513. The Morgan fingerprint density at radius 1 is 0.966 bits per heavy atom. The first-order valence-corrected chi connectivity index (χ1v) is 9.91. The molecule has 0 bridgehead atoms. The summed E-state index contributed by atoms with van der Waals surface area (Å²) in [6, 6.07) is 11.0. The van der Waals surface area contributed by atoms with Crippen LogP contribution in [0.15, 0.2) is 64.2 Å². The number of aromatic nitrogens is 3. The number of oxazole rings is 1. The van der Waals surface area contributed by atoms with E-state index in [1.54, 1.807) is 24.4 Å². The molecule has 0 saturated heterocycles. The average molecular weight is 412 g/mol. The maximum Gasteiger partial charge on any atom is 0.263 e. The van der Waals surface area contributed by atoms with Crippen molar-refractivity contribution in [3.05, 3.63) is 54.9 Å². The van der Waals surface area contributed by atoms with E-state index in [9.17, 15) is 8.42 Å². The Morgan fingerprint density at radius 2 is 1.79 bits per heavy atom. The topological polar surface area (TPSA) is 116 Å². The smallest absolute Gasteiger partial charge is 0.263 e. The van der Waals surface area contributed by atoms with Gasteiger partial charge in [-0.05, 0) is 36.4 Å². The first-order chi connectivity index (χ1) is 14.0. The summed E-state index contributed by atoms with van der Waals surface area (Å²) in [7, 11) is -1.000. The highest BCUT2D eigenvalue weighted by Gasteiger charge is 2.19. The molecule has 4 rings (SSSR count). The molecule has 10 heteroatoms. The summed E-state index contributed by atoms with van der Waals surface area (Å²) in [5.74, 6) is 1.16. The van der Waals surface area contributed by atoms with Crippen molar-refractivity contribution >= 4 is 27.1 Å². The molecule has 29 heavy (non-hydrogen) atoms. The minimum Gasteiger partial charge on any atom is -0.493 e. The molecule has 0 aliphatic heterocycles. The zero-order chi connectivity index (χ0) is 20.4. The lowest BCUT2D eigenvalue weighted by molar-refractivity contribution is 0.354. The molecule has 0 fully saturated rings. The van der Waals surface area contributed by atoms with Crippen LogP contribution < -0.4 is 14.2 Å². The number of fused-ring (bicyclic) bond motifs is 1. The van der Waals surface area contributed by atoms with Gasteiger partial charge in [0.2, 0.25) is 5.89 Å². The molecule has 1 N–H and O–H groups in total. The largest absolute Gasteiger partial charge is 0.493 e. The van der Waals surface area contributed by atoms with Crippen molar-refractivity contribution in [1.29, 1.82) is 0 Å². The summed E-state index contributed by atoms with van der Waals surface area (Å²) in [6.07, 6.45) is 3.08. The number of rotatable bonds is 6. The molecular formula is C19H16N4O5S. The number of nitrogens with one attached hydrogen (secondary N) is 1. The molecular weight excluding hydrogens is 396 g/mol. The highest BCUT2D eigenvalue weighted by atomic mass is 32.2. The minimum atomic E-state index is -3.91. The van der Waals surface area contributed by atoms with Crippen LogP contribution in [0.4, 0.5) is 5.82 Å². The normalized spacial score (nSPS) is 11.4. The third-order valence-electron chi connectivity index (χ3n) is 4.08. The molecule has 0 aliphatic rings. The summed E-state index contributed by atoms with van der Waals surface area (Å²) in [5.41, 5.74) is 1.56. The van der Waals surface area contributed by atoms with E-state index in [0.717, 1.165) is 0 Å². The summed E-state index contributed by atoms with van der Waals surface area (Å²) >= 11 is 0. The van der Waals surface area contributed by atoms with Gasteiger partial charge in [-0.2, -0.15) is 4.98 Å². The lowest BCUT2D eigenvalue weighted by Crippen LogP contribution is -2.14. The van der Waals surface area contributed by atoms with Crippen LogP contribution >= 0.6 is 0 Å². The fraction of sp³-hybridized carbons (Fsp3) is 0.105. The van der Waals surface area contributed by atoms with Gasteiger partial charge in [-0.25, -0.2) is 18.4 Å². The van der Waals surface area contributed by atoms with Gasteiger partial charge in [0.1, 0.15) is 5.82 Å². The van der Waals surface area contributed by atoms with Gasteiger partial charge in [0, 0.05) is 24.0 Å². The fourth-order valence-electron chi connectivity index (χ4n) is 2.69. The summed E-state index contributed by atoms with van der Waals surface area (Å²) in [4.78, 5) is 12.5. The highest BCUT2D eigenvalue weighted by molar-refractivity contribution is 7.92. The molecule has 9 nitrogen and oxygen atoms in total. The number of ether oxygens (including phenoxy) is 2. The Hall–Kier alpha value is -3.66. The maximum absolute atomic E-state index is 12.8. The van der Waals surface area contributed by atoms with Crippen LogP contribution in [0, 0.1) is 0 Å². The van der Waals surface area contributed by atoms with Gasteiger partial charge in [0.25, 0.3) is 10.0 Å². The molecule has 0 unspecified atom stereocenters. The van der Waals surface area contributed by atoms with Crippen molar-refractivity contribution in [1.82, 2.24) is 15.0 Å². The van der Waals surface area contributed by atoms with E-state index in [-0.39, 0.29) is 10.7 Å². The van der Waals surface area contributed by atoms with E-state index in [4.69, 9.17) is 13.9 Å². The van der Waals surface area contributed by atoms with E-state index in [1.165, 1.54) is 44.7 Å². The number of pyridine rings is 2. The summed E-state index contributed by atoms with van der Waals surface area (Å²) in [5, 5.41) is 0. The zero-order valence-electron chi connectivity index (χ0n) is 15.5. The van der Waals surface area contributed by atoms with Crippen LogP contribution in [-0.2, 0) is 10.0 Å². The van der Waals surface area contributed by atoms with Crippen LogP contribution in [0.2, 0.25) is 0 Å². The highest BCUT2D eigenvalue weighted by Crippen LogP contribution is 2.30. The summed E-state index contributed by atoms with van der Waals surface area (Å²) < 4.78 is 43.9. The molecule has 0 radical (unpaired) electrons. The van der Waals surface area contributed by atoms with Crippen LogP contribution in [0.5, 0.6) is 11.5 Å². The lowest BCUT2D eigenvalue weighted by atomic mass is 10.2. The van der Waals surface area contributed by atoms with E-state index in [1.807, 2.05) is 0 Å². The maximum atomic E-state index is 12.8. The molecule has 1 aromatic carbocycles. The van der Waals surface area contributed by atoms with Crippen molar-refractivity contribution < 1.29 is 22.3 Å². The first-order valence-electron chi connectivity index (χ1n) is 8.43. The van der Waals surface area contributed by atoms with Crippen LogP contribution in [0.1, 0.15) is 0 Å².